The van der Waals surface area contributed by atoms with E-state index in [4.69, 9.17) is 10.8 Å². The van der Waals surface area contributed by atoms with Gasteiger partial charge in [-0.25, -0.2) is 0 Å². The van der Waals surface area contributed by atoms with Gasteiger partial charge in [0.15, 0.2) is 11.0 Å². The maximum Gasteiger partial charge on any atom is 0.313 e. The number of hydrogen-bond acceptors (Lipinski definition) is 5. The van der Waals surface area contributed by atoms with E-state index in [-0.39, 0.29) is 11.8 Å². The molecule has 0 aliphatic rings. The van der Waals surface area contributed by atoms with Crippen LogP contribution in [0.3, 0.4) is 0 Å². The lowest BCUT2D eigenvalue weighted by molar-refractivity contribution is -0.133. The number of nitrogens with zero attached hydrogens (tertiary/aromatic N) is 3. The molecule has 0 saturated carbocycles. The molecule has 0 unspecified atom stereocenters. The predicted molar refractivity (Wildman–Crippen MR) is 90.3 cm³/mol. The number of aliphatic carboxylic acids is 1. The van der Waals surface area contributed by atoms with Gasteiger partial charge in [0.25, 0.3) is 0 Å². The highest BCUT2D eigenvalue weighted by Crippen LogP contribution is 2.23. The van der Waals surface area contributed by atoms with Gasteiger partial charge >= 0.3 is 5.97 Å². The Hall–Kier alpha value is -1.86. The summed E-state index contributed by atoms with van der Waals surface area (Å²) in [5, 5.41) is 17.8. The van der Waals surface area contributed by atoms with E-state index in [2.05, 4.69) is 24.0 Å². The Kier molecular flexibility index (Phi) is 6.18. The molecule has 124 valence electrons. The molecule has 3 N–H and O–H groups in total. The van der Waals surface area contributed by atoms with Crippen molar-refractivity contribution in [2.75, 3.05) is 5.75 Å². The summed E-state index contributed by atoms with van der Waals surface area (Å²) in [6, 6.07) is 9.72. The molecule has 1 aromatic heterocycles. The van der Waals surface area contributed by atoms with Gasteiger partial charge in [0.1, 0.15) is 0 Å². The largest absolute Gasteiger partial charge is 0.481 e. The van der Waals surface area contributed by atoms with Crippen LogP contribution in [0.4, 0.5) is 0 Å². The Morgan fingerprint density at radius 3 is 2.61 bits per heavy atom. The van der Waals surface area contributed by atoms with E-state index in [9.17, 15) is 4.79 Å². The molecule has 23 heavy (non-hydrogen) atoms. The van der Waals surface area contributed by atoms with Crippen LogP contribution >= 0.6 is 11.8 Å². The number of aromatic nitrogens is 3. The van der Waals surface area contributed by atoms with Gasteiger partial charge < -0.3 is 15.4 Å². The van der Waals surface area contributed by atoms with Crippen LogP contribution in [0.5, 0.6) is 0 Å². The van der Waals surface area contributed by atoms with Crippen LogP contribution in [0, 0.1) is 5.92 Å². The van der Waals surface area contributed by atoms with E-state index < -0.39 is 5.97 Å². The number of carboxylic acids is 1. The summed E-state index contributed by atoms with van der Waals surface area (Å²) in [5.74, 6) is 0.182. The van der Waals surface area contributed by atoms with E-state index in [1.54, 1.807) is 0 Å². The number of rotatable bonds is 8. The number of hydrogen-bond donors (Lipinski definition) is 2. The normalized spacial score (nSPS) is 12.5. The molecule has 0 fully saturated rings. The van der Waals surface area contributed by atoms with Crippen LogP contribution in [-0.2, 0) is 17.8 Å². The maximum atomic E-state index is 10.8. The molecule has 0 bridgehead atoms. The minimum absolute atomic E-state index is 0.0375. The molecule has 2 aromatic rings. The number of thioether (sulfide) groups is 1. The third-order valence-electron chi connectivity index (χ3n) is 3.25. The van der Waals surface area contributed by atoms with E-state index in [0.717, 1.165) is 5.56 Å². The number of carbonyl (C=O) groups is 1. The fraction of sp³-hybridized carbons (Fsp3) is 0.438. The Balaban J connectivity index is 2.20. The van der Waals surface area contributed by atoms with Crippen molar-refractivity contribution in [1.82, 2.24) is 14.8 Å². The molecule has 2 rings (SSSR count). The summed E-state index contributed by atoms with van der Waals surface area (Å²) in [4.78, 5) is 10.8. The van der Waals surface area contributed by atoms with Crippen LogP contribution in [0.2, 0.25) is 0 Å². The zero-order valence-corrected chi connectivity index (χ0v) is 14.2. The molecule has 0 radical (unpaired) electrons. The SMILES string of the molecule is CC(C)Cn1c(SCC(=O)O)nnc1[C@@H](N)Cc1ccccc1. The molecular formula is C16H22N4O2S. The zero-order valence-electron chi connectivity index (χ0n) is 13.3. The topological polar surface area (TPSA) is 94.0 Å². The summed E-state index contributed by atoms with van der Waals surface area (Å²) in [6.07, 6.45) is 0.667. The first kappa shape index (κ1) is 17.5. The van der Waals surface area contributed by atoms with E-state index in [0.29, 0.717) is 29.9 Å². The lowest BCUT2D eigenvalue weighted by Gasteiger charge is -2.16. The molecular weight excluding hydrogens is 312 g/mol. The molecule has 6 nitrogen and oxygen atoms in total. The Labute approximate surface area is 140 Å². The monoisotopic (exact) mass is 334 g/mol. The predicted octanol–water partition coefficient (Wildman–Crippen LogP) is 2.35. The van der Waals surface area contributed by atoms with Crippen LogP contribution in [0.1, 0.15) is 31.3 Å². The summed E-state index contributed by atoms with van der Waals surface area (Å²) in [5.41, 5.74) is 7.46. The van der Waals surface area contributed by atoms with Gasteiger partial charge in [0.05, 0.1) is 11.8 Å². The standard InChI is InChI=1S/C16H22N4O2S/c1-11(2)9-20-15(18-19-16(20)23-10-14(21)22)13(17)8-12-6-4-3-5-7-12/h3-7,11,13H,8-10,17H2,1-2H3,(H,21,22)/t13-/m0/s1. The molecule has 0 spiro atoms. The Bertz CT molecular complexity index is 643. The summed E-state index contributed by atoms with van der Waals surface area (Å²) >= 11 is 1.18. The molecule has 0 saturated heterocycles. The van der Waals surface area contributed by atoms with Crippen molar-refractivity contribution in [1.29, 1.82) is 0 Å². The van der Waals surface area contributed by atoms with Crippen LogP contribution in [-0.4, -0.2) is 31.6 Å². The van der Waals surface area contributed by atoms with Crippen molar-refractivity contribution in [2.24, 2.45) is 11.7 Å². The lowest BCUT2D eigenvalue weighted by atomic mass is 10.1. The summed E-state index contributed by atoms with van der Waals surface area (Å²) < 4.78 is 1.95. The third-order valence-corrected chi connectivity index (χ3v) is 4.20. The summed E-state index contributed by atoms with van der Waals surface area (Å²) in [7, 11) is 0. The van der Waals surface area contributed by atoms with Crippen molar-refractivity contribution in [3.8, 4) is 0 Å². The highest BCUT2D eigenvalue weighted by atomic mass is 32.2. The molecule has 0 aliphatic carbocycles. The van der Waals surface area contributed by atoms with Gasteiger partial charge in [-0.3, -0.25) is 4.79 Å². The quantitative estimate of drug-likeness (QED) is 0.720. The molecule has 1 atom stereocenters. The minimum atomic E-state index is -0.871. The fourth-order valence-electron chi connectivity index (χ4n) is 2.30. The van der Waals surface area contributed by atoms with Crippen LogP contribution in [0.15, 0.2) is 35.5 Å². The molecule has 1 heterocycles. The van der Waals surface area contributed by atoms with E-state index in [1.807, 2.05) is 34.9 Å². The van der Waals surface area contributed by atoms with Crippen LogP contribution in [0.25, 0.3) is 0 Å². The van der Waals surface area contributed by atoms with Crippen molar-refractivity contribution in [2.45, 2.75) is 38.0 Å². The van der Waals surface area contributed by atoms with Gasteiger partial charge in [0, 0.05) is 6.54 Å². The van der Waals surface area contributed by atoms with Gasteiger partial charge in [-0.05, 0) is 17.9 Å². The smallest absolute Gasteiger partial charge is 0.313 e. The molecule has 7 heteroatoms. The summed E-state index contributed by atoms with van der Waals surface area (Å²) in [6.45, 7) is 4.91. The Morgan fingerprint density at radius 2 is 2.00 bits per heavy atom. The van der Waals surface area contributed by atoms with Gasteiger partial charge in [-0.2, -0.15) is 0 Å². The second kappa shape index (κ2) is 8.12. The fourth-order valence-corrected chi connectivity index (χ4v) is 2.98. The van der Waals surface area contributed by atoms with Crippen molar-refractivity contribution >= 4 is 17.7 Å². The van der Waals surface area contributed by atoms with Crippen molar-refractivity contribution in [3.63, 3.8) is 0 Å². The van der Waals surface area contributed by atoms with Crippen molar-refractivity contribution in [3.05, 3.63) is 41.7 Å². The number of carboxylic acid groups (broad SMARTS) is 1. The number of nitrogens with two attached hydrogens (primary N) is 1. The first-order valence-corrected chi connectivity index (χ1v) is 8.53. The third kappa shape index (κ3) is 5.07. The second-order valence-electron chi connectivity index (χ2n) is 5.82. The Morgan fingerprint density at radius 1 is 1.30 bits per heavy atom. The minimum Gasteiger partial charge on any atom is -0.481 e. The molecule has 0 aliphatic heterocycles. The second-order valence-corrected chi connectivity index (χ2v) is 6.77. The highest BCUT2D eigenvalue weighted by molar-refractivity contribution is 7.99. The first-order valence-electron chi connectivity index (χ1n) is 7.54. The van der Waals surface area contributed by atoms with E-state index in [1.165, 1.54) is 11.8 Å². The maximum absolute atomic E-state index is 10.8. The highest BCUT2D eigenvalue weighted by Gasteiger charge is 2.20. The van der Waals surface area contributed by atoms with Crippen LogP contribution < -0.4 is 5.73 Å². The van der Waals surface area contributed by atoms with Gasteiger partial charge in [-0.1, -0.05) is 55.9 Å². The van der Waals surface area contributed by atoms with Crippen molar-refractivity contribution < 1.29 is 9.90 Å². The lowest BCUT2D eigenvalue weighted by Crippen LogP contribution is -2.21. The average Bonchev–Trinajstić information content (AvgIpc) is 2.88. The van der Waals surface area contributed by atoms with Gasteiger partial charge in [0.2, 0.25) is 0 Å². The van der Waals surface area contributed by atoms with Gasteiger partial charge in [-0.15, -0.1) is 10.2 Å². The molecule has 1 aromatic carbocycles. The van der Waals surface area contributed by atoms with E-state index >= 15 is 0 Å². The first-order chi connectivity index (χ1) is 11.0. The zero-order chi connectivity index (χ0) is 16.8. The number of benzene rings is 1. The average molecular weight is 334 g/mol. The molecule has 0 amide bonds.